The summed E-state index contributed by atoms with van der Waals surface area (Å²) in [6.07, 6.45) is 4.14. The Morgan fingerprint density at radius 1 is 1.05 bits per heavy atom. The first-order chi connectivity index (χ1) is 19.8. The molecule has 0 saturated heterocycles. The van der Waals surface area contributed by atoms with Gasteiger partial charge in [0, 0.05) is 41.0 Å². The number of anilines is 1. The van der Waals surface area contributed by atoms with E-state index in [1.165, 1.54) is 12.3 Å². The number of rotatable bonds is 5. The second kappa shape index (κ2) is 12.6. The van der Waals surface area contributed by atoms with Gasteiger partial charge in [-0.3, -0.25) is 14.6 Å². The molecule has 1 aliphatic heterocycles. The largest absolute Gasteiger partial charge is 0.466 e. The van der Waals surface area contributed by atoms with Crippen molar-refractivity contribution >= 4 is 29.2 Å². The molecule has 1 N–H and O–H groups in total. The molecule has 5 nitrogen and oxygen atoms in total. The van der Waals surface area contributed by atoms with Gasteiger partial charge in [0.2, 0.25) is 5.91 Å². The number of carbonyl (C=O) groups excluding carboxylic acids is 2. The number of hydrogen-bond acceptors (Lipinski definition) is 4. The predicted molar refractivity (Wildman–Crippen MR) is 156 cm³/mol. The number of hydrogen-bond donors (Lipinski definition) is 1. The number of nitrogens with zero attached hydrogens (tertiary/aromatic N) is 1. The third-order valence-electron chi connectivity index (χ3n) is 7.23. The number of nitrogens with one attached hydrogen (secondary N) is 1. The topological polar surface area (TPSA) is 68.3 Å². The Hall–Kier alpha value is -4.10. The molecule has 1 aliphatic rings. The molecule has 2 bridgehead atoms. The van der Waals surface area contributed by atoms with E-state index in [1.807, 2.05) is 36.4 Å². The lowest BCUT2D eigenvalue weighted by Gasteiger charge is -2.21. The van der Waals surface area contributed by atoms with Crippen LogP contribution in [0.4, 0.5) is 14.5 Å². The van der Waals surface area contributed by atoms with Crippen LogP contribution in [0.5, 0.6) is 0 Å². The number of ether oxygens (including phenoxy) is 1. The number of benzene rings is 3. The standard InChI is InChI=1S/C33H29ClF2N2O3/c1-2-41-31(40)17-20-10-12-25-22-7-5-6-21(18-22)24(8-3-4-9-30(39)38-29(25)16-20)28-15-11-23(19-37-28)32-27(35)14-13-26(34)33(32)36/h5-7,10-16,18-19,24H,2-4,8-9,17H2,1H3,(H,38,39)/t24-/m0/s1. The van der Waals surface area contributed by atoms with Crippen molar-refractivity contribution in [1.29, 1.82) is 0 Å². The average molecular weight is 575 g/mol. The van der Waals surface area contributed by atoms with Crippen molar-refractivity contribution in [1.82, 2.24) is 4.98 Å². The molecule has 0 spiro atoms. The lowest BCUT2D eigenvalue weighted by Crippen LogP contribution is -2.14. The molecule has 1 atom stereocenters. The van der Waals surface area contributed by atoms with Gasteiger partial charge < -0.3 is 10.1 Å². The van der Waals surface area contributed by atoms with E-state index in [0.29, 0.717) is 30.7 Å². The summed E-state index contributed by atoms with van der Waals surface area (Å²) in [5.41, 5.74) is 5.03. The molecule has 0 fully saturated rings. The second-order valence-corrected chi connectivity index (χ2v) is 10.4. The van der Waals surface area contributed by atoms with E-state index in [4.69, 9.17) is 16.3 Å². The summed E-state index contributed by atoms with van der Waals surface area (Å²) >= 11 is 5.89. The lowest BCUT2D eigenvalue weighted by molar-refractivity contribution is -0.142. The van der Waals surface area contributed by atoms with Gasteiger partial charge >= 0.3 is 5.97 Å². The van der Waals surface area contributed by atoms with Crippen molar-refractivity contribution in [3.8, 4) is 22.3 Å². The van der Waals surface area contributed by atoms with Crippen LogP contribution >= 0.6 is 11.6 Å². The lowest BCUT2D eigenvalue weighted by atomic mass is 9.87. The van der Waals surface area contributed by atoms with Crippen molar-refractivity contribution in [3.05, 3.63) is 106 Å². The first-order valence-electron chi connectivity index (χ1n) is 13.6. The predicted octanol–water partition coefficient (Wildman–Crippen LogP) is 8.10. The first-order valence-corrected chi connectivity index (χ1v) is 14.0. The van der Waals surface area contributed by atoms with Gasteiger partial charge in [-0.25, -0.2) is 8.78 Å². The van der Waals surface area contributed by atoms with Crippen LogP contribution in [-0.4, -0.2) is 23.5 Å². The molecule has 8 heteroatoms. The number of carbonyl (C=O) groups is 2. The van der Waals surface area contributed by atoms with Gasteiger partial charge in [-0.2, -0.15) is 0 Å². The van der Waals surface area contributed by atoms with Crippen LogP contribution in [0.3, 0.4) is 0 Å². The average Bonchev–Trinajstić information content (AvgIpc) is 2.96. The van der Waals surface area contributed by atoms with Crippen molar-refractivity contribution in [2.24, 2.45) is 0 Å². The number of aromatic nitrogens is 1. The van der Waals surface area contributed by atoms with Crippen LogP contribution < -0.4 is 5.32 Å². The molecule has 0 saturated carbocycles. The molecular formula is C33H29ClF2N2O3. The monoisotopic (exact) mass is 574 g/mol. The molecule has 41 heavy (non-hydrogen) atoms. The third kappa shape index (κ3) is 6.46. The summed E-state index contributed by atoms with van der Waals surface area (Å²) < 4.78 is 34.2. The Bertz CT molecular complexity index is 1590. The molecule has 5 rings (SSSR count). The van der Waals surface area contributed by atoms with Gasteiger partial charge in [0.1, 0.15) is 5.82 Å². The number of halogens is 3. The third-order valence-corrected chi connectivity index (χ3v) is 7.53. The maximum absolute atomic E-state index is 14.6. The van der Waals surface area contributed by atoms with E-state index in [1.54, 1.807) is 19.1 Å². The van der Waals surface area contributed by atoms with E-state index in [9.17, 15) is 18.4 Å². The molecule has 1 aromatic heterocycles. The molecule has 2 heterocycles. The first kappa shape index (κ1) is 28.4. The van der Waals surface area contributed by atoms with E-state index in [2.05, 4.69) is 16.4 Å². The molecule has 0 unspecified atom stereocenters. The zero-order valence-corrected chi connectivity index (χ0v) is 23.3. The maximum atomic E-state index is 14.6. The summed E-state index contributed by atoms with van der Waals surface area (Å²) in [7, 11) is 0. The second-order valence-electron chi connectivity index (χ2n) is 10.0. The molecule has 3 aromatic carbocycles. The molecule has 4 aromatic rings. The Morgan fingerprint density at radius 2 is 1.90 bits per heavy atom. The fourth-order valence-electron chi connectivity index (χ4n) is 5.24. The van der Waals surface area contributed by atoms with Gasteiger partial charge in [-0.15, -0.1) is 0 Å². The van der Waals surface area contributed by atoms with E-state index < -0.39 is 11.6 Å². The van der Waals surface area contributed by atoms with E-state index in [-0.39, 0.29) is 34.8 Å². The Morgan fingerprint density at radius 3 is 2.68 bits per heavy atom. The smallest absolute Gasteiger partial charge is 0.310 e. The Labute approximate surface area is 242 Å². The zero-order valence-electron chi connectivity index (χ0n) is 22.6. The van der Waals surface area contributed by atoms with Crippen LogP contribution in [0.2, 0.25) is 5.02 Å². The fourth-order valence-corrected chi connectivity index (χ4v) is 5.40. The maximum Gasteiger partial charge on any atom is 0.310 e. The van der Waals surface area contributed by atoms with Crippen LogP contribution in [0, 0.1) is 11.6 Å². The van der Waals surface area contributed by atoms with Crippen LogP contribution in [0.25, 0.3) is 22.3 Å². The zero-order chi connectivity index (χ0) is 28.9. The van der Waals surface area contributed by atoms with Crippen molar-refractivity contribution in [2.45, 2.75) is 44.9 Å². The highest BCUT2D eigenvalue weighted by Crippen LogP contribution is 2.37. The quantitative estimate of drug-likeness (QED) is 0.193. The van der Waals surface area contributed by atoms with Crippen molar-refractivity contribution < 1.29 is 23.1 Å². The minimum Gasteiger partial charge on any atom is -0.466 e. The minimum atomic E-state index is -0.817. The highest BCUT2D eigenvalue weighted by Gasteiger charge is 2.21. The van der Waals surface area contributed by atoms with Gasteiger partial charge in [0.25, 0.3) is 0 Å². The number of fused-ring (bicyclic) bond motifs is 4. The molecule has 210 valence electrons. The van der Waals surface area contributed by atoms with Gasteiger partial charge in [0.05, 0.1) is 23.6 Å². The summed E-state index contributed by atoms with van der Waals surface area (Å²) in [5.74, 6) is -2.03. The highest BCUT2D eigenvalue weighted by molar-refractivity contribution is 6.31. The highest BCUT2D eigenvalue weighted by atomic mass is 35.5. The number of amides is 1. The van der Waals surface area contributed by atoms with Crippen LogP contribution in [-0.2, 0) is 20.7 Å². The summed E-state index contributed by atoms with van der Waals surface area (Å²) in [6.45, 7) is 2.07. The van der Waals surface area contributed by atoms with E-state index >= 15 is 0 Å². The molecular weight excluding hydrogens is 546 g/mol. The van der Waals surface area contributed by atoms with Crippen LogP contribution in [0.15, 0.2) is 72.9 Å². The van der Waals surface area contributed by atoms with Crippen molar-refractivity contribution in [3.63, 3.8) is 0 Å². The minimum absolute atomic E-state index is 0.0907. The molecule has 0 radical (unpaired) electrons. The Kier molecular flexibility index (Phi) is 8.74. The summed E-state index contributed by atoms with van der Waals surface area (Å²) in [4.78, 5) is 29.5. The Balaban J connectivity index is 1.51. The fraction of sp³-hybridized carbons (Fsp3) is 0.242. The van der Waals surface area contributed by atoms with Gasteiger partial charge in [0.15, 0.2) is 5.82 Å². The van der Waals surface area contributed by atoms with Crippen LogP contribution in [0.1, 0.15) is 55.3 Å². The molecule has 1 amide bonds. The van der Waals surface area contributed by atoms with Gasteiger partial charge in [-0.05, 0) is 60.7 Å². The molecule has 0 aliphatic carbocycles. The van der Waals surface area contributed by atoms with E-state index in [0.717, 1.165) is 46.9 Å². The number of esters is 1. The number of pyridine rings is 1. The van der Waals surface area contributed by atoms with Crippen molar-refractivity contribution in [2.75, 3.05) is 11.9 Å². The normalized spacial score (nSPS) is 15.2. The summed E-state index contributed by atoms with van der Waals surface area (Å²) in [5, 5.41) is 2.88. The SMILES string of the molecule is CCOC(=O)Cc1ccc2c(c1)NC(=O)CCCC[C@H](c1ccc(-c3c(F)ccc(Cl)c3F)cn1)c1cccc-2c1. The summed E-state index contributed by atoms with van der Waals surface area (Å²) in [6, 6.07) is 19.4. The van der Waals surface area contributed by atoms with Gasteiger partial charge in [-0.1, -0.05) is 60.5 Å².